The van der Waals surface area contributed by atoms with Crippen LogP contribution in [0.1, 0.15) is 109 Å². The van der Waals surface area contributed by atoms with Gasteiger partial charge in [-0.1, -0.05) is 285 Å². The van der Waals surface area contributed by atoms with Crippen molar-refractivity contribution in [1.29, 1.82) is 0 Å². The van der Waals surface area contributed by atoms with Gasteiger partial charge in [0.15, 0.2) is 0 Å². The summed E-state index contributed by atoms with van der Waals surface area (Å²) in [7, 11) is 18.4. The van der Waals surface area contributed by atoms with Crippen molar-refractivity contribution in [1.82, 2.24) is 0 Å². The molecule has 472 valence electrons. The topological polar surface area (TPSA) is 0 Å². The van der Waals surface area contributed by atoms with Crippen LogP contribution in [0, 0.1) is 112 Å². The molecule has 4 fully saturated rings. The van der Waals surface area contributed by atoms with Gasteiger partial charge in [0.1, 0.15) is 0 Å². The molecule has 8 aliphatic carbocycles. The number of benzene rings is 4. The molecule has 0 N–H and O–H groups in total. The van der Waals surface area contributed by atoms with Crippen molar-refractivity contribution in [2.75, 3.05) is 0 Å². The van der Waals surface area contributed by atoms with E-state index in [1.807, 2.05) is 0 Å². The van der Waals surface area contributed by atoms with Crippen LogP contribution < -0.4 is 0 Å². The molecule has 4 saturated carbocycles. The van der Waals surface area contributed by atoms with Crippen LogP contribution in [0.5, 0.6) is 0 Å². The number of fused-ring (bicyclic) bond motifs is 6. The van der Waals surface area contributed by atoms with Crippen molar-refractivity contribution in [3.63, 3.8) is 0 Å². The Hall–Kier alpha value is -2.58. The summed E-state index contributed by atoms with van der Waals surface area (Å²) < 4.78 is 0. The molecule has 0 saturated heterocycles. The van der Waals surface area contributed by atoms with E-state index >= 15 is 0 Å². The summed E-state index contributed by atoms with van der Waals surface area (Å²) in [6.45, 7) is 18.4. The van der Waals surface area contributed by atoms with Gasteiger partial charge in [0.2, 0.25) is 0 Å². The Kier molecular flexibility index (Phi) is 33.8. The van der Waals surface area contributed by atoms with Crippen LogP contribution in [0.25, 0.3) is 0 Å². The standard InChI is InChI=1S/C38H44.C37H44Si.2CH4.4CH3.4ClH.2Zr/c1-4-5-26-37(2,3)30-24-25-31(27-30)38(28-16-8-6-9-17-28,29-18-10-7-11-19-29)36-34-22-14-12-20-32(34)33-21-13-15-23-35(33)36;1-4-5-26-38(2,3)31-25-24-30(27-31)37(28-16-8-6-9-17-28,29-18-10-7-11-19-29)36-34-22-14-12-20-32(34)33-21-13-15-23-35(33)36;;;;;;;;;;;;/h2*4,6-23,30-36H,1,5,24-27H2,2-3H3;2*1H4;4*1H3;4*1H;;/q;;;;4*-1;;;;;2*+4/p-4. The van der Waals surface area contributed by atoms with E-state index in [4.69, 9.17) is 34.1 Å². The molecular formula is C81H108Cl4SiZr2. The fourth-order valence-electron chi connectivity index (χ4n) is 18.3. The second-order valence-electron chi connectivity index (χ2n) is 26.1. The Bertz CT molecular complexity index is 2580. The normalized spacial score (nSPS) is 27.7. The van der Waals surface area contributed by atoms with Gasteiger partial charge < -0.3 is 29.7 Å². The zero-order valence-corrected chi connectivity index (χ0v) is 62.0. The monoisotopic (exact) mass is 1430 g/mol. The molecule has 7 heteroatoms. The van der Waals surface area contributed by atoms with Gasteiger partial charge in [0.25, 0.3) is 0 Å². The van der Waals surface area contributed by atoms with E-state index in [1.54, 1.807) is 0 Å². The summed E-state index contributed by atoms with van der Waals surface area (Å²) in [6.07, 6.45) is 54.7. The number of rotatable bonds is 16. The maximum atomic E-state index is 4.93. The molecule has 0 aromatic heterocycles. The molecule has 88 heavy (non-hydrogen) atoms. The number of hydrogen-bond donors (Lipinski definition) is 0. The molecule has 0 spiro atoms. The van der Waals surface area contributed by atoms with Crippen LogP contribution in [0.3, 0.4) is 0 Å². The predicted molar refractivity (Wildman–Crippen MR) is 390 cm³/mol. The first kappa shape index (κ1) is 79.7. The first-order chi connectivity index (χ1) is 40.0. The van der Waals surface area contributed by atoms with Crippen molar-refractivity contribution in [2.45, 2.75) is 122 Å². The molecule has 12 rings (SSSR count). The zero-order valence-electron chi connectivity index (χ0n) is 53.0. The van der Waals surface area contributed by atoms with Crippen LogP contribution in [0.15, 0.2) is 244 Å². The molecule has 4 aromatic carbocycles. The van der Waals surface area contributed by atoms with Crippen LogP contribution in [-0.2, 0) is 52.5 Å². The predicted octanol–water partition coefficient (Wildman–Crippen LogP) is 25.3. The first-order valence-corrected chi connectivity index (χ1v) is 46.7. The molecule has 0 heterocycles. The van der Waals surface area contributed by atoms with Crippen molar-refractivity contribution in [2.24, 2.45) is 82.3 Å². The maximum absolute atomic E-state index is 4.93. The summed E-state index contributed by atoms with van der Waals surface area (Å²) in [5, 5.41) is 0. The van der Waals surface area contributed by atoms with E-state index in [0.29, 0.717) is 76.4 Å². The zero-order chi connectivity index (χ0) is 57.7. The molecule has 12 unspecified atom stereocenters. The SMILES string of the molecule is C.C.C=CCCC(C)(C)C1CCC(C(c2ccccc2)(c2ccccc2)C2C3C=CC=CC3C3C=CC=CC32)C1.C=CCC[Si](C)(C)C1CCC(C(c2ccccc2)(c2ccccc2)C2C3C=CC=CC3C3C=CC=CC32)C1.[CH3-].[CH3-].[CH3-].[CH3-].[Cl][Zr+2][Cl].[Cl][Zr+2][Cl]. The first-order valence-electron chi connectivity index (χ1n) is 30.7. The van der Waals surface area contributed by atoms with Gasteiger partial charge in [-0.15, -0.1) is 13.2 Å². The Morgan fingerprint density at radius 1 is 0.420 bits per heavy atom. The van der Waals surface area contributed by atoms with Gasteiger partial charge in [-0.3, -0.25) is 0 Å². The summed E-state index contributed by atoms with van der Waals surface area (Å²) in [5.74, 6) is 7.55. The molecule has 0 aliphatic heterocycles. The Labute approximate surface area is 578 Å². The number of halogens is 4. The van der Waals surface area contributed by atoms with Crippen LogP contribution in [0.2, 0.25) is 24.7 Å². The molecule has 8 aliphatic rings. The quantitative estimate of drug-likeness (QED) is 0.0596. The van der Waals surface area contributed by atoms with E-state index < -0.39 is 49.8 Å². The molecule has 4 aromatic rings. The van der Waals surface area contributed by atoms with Crippen molar-refractivity contribution >= 4 is 42.1 Å². The van der Waals surface area contributed by atoms with Crippen molar-refractivity contribution in [3.05, 3.63) is 296 Å². The number of hydrogen-bond acceptors (Lipinski definition) is 0. The average Bonchev–Trinajstić information content (AvgIpc) is 1.50. The Morgan fingerprint density at radius 2 is 0.693 bits per heavy atom. The minimum absolute atomic E-state index is 0. The van der Waals surface area contributed by atoms with Crippen molar-refractivity contribution in [3.8, 4) is 0 Å². The molecule has 0 bridgehead atoms. The van der Waals surface area contributed by atoms with E-state index in [9.17, 15) is 0 Å². The number of allylic oxidation sites excluding steroid dienone is 18. The van der Waals surface area contributed by atoms with Gasteiger partial charge in [-0.25, -0.2) is 0 Å². The van der Waals surface area contributed by atoms with E-state index in [0.717, 1.165) is 17.9 Å². The summed E-state index contributed by atoms with van der Waals surface area (Å²) in [5.41, 5.74) is 7.31. The van der Waals surface area contributed by atoms with Crippen molar-refractivity contribution < 1.29 is 41.7 Å². The summed E-state index contributed by atoms with van der Waals surface area (Å²) in [6, 6.07) is 48.1. The summed E-state index contributed by atoms with van der Waals surface area (Å²) >= 11 is -1.65. The molecular weight excluding hydrogens is 1330 g/mol. The van der Waals surface area contributed by atoms with E-state index in [2.05, 4.69) is 271 Å². The third-order valence-electron chi connectivity index (χ3n) is 21.8. The van der Waals surface area contributed by atoms with Gasteiger partial charge in [-0.05, 0) is 162 Å². The summed E-state index contributed by atoms with van der Waals surface area (Å²) in [4.78, 5) is 0. The van der Waals surface area contributed by atoms with Crippen LogP contribution >= 0.6 is 34.1 Å². The third-order valence-corrected chi connectivity index (χ3v) is 26.2. The Morgan fingerprint density at radius 3 is 1.00 bits per heavy atom. The fourth-order valence-corrected chi connectivity index (χ4v) is 21.5. The fraction of sp³-hybridized carbons (Fsp3) is 0.407. The second-order valence-corrected chi connectivity index (χ2v) is 38.9. The van der Waals surface area contributed by atoms with E-state index in [1.165, 1.54) is 79.7 Å². The molecule has 12 atom stereocenters. The van der Waals surface area contributed by atoms with Crippen LogP contribution in [-0.4, -0.2) is 8.07 Å². The van der Waals surface area contributed by atoms with E-state index in [-0.39, 0.29) is 55.4 Å². The molecule has 0 radical (unpaired) electrons. The van der Waals surface area contributed by atoms with Gasteiger partial charge >= 0.3 is 75.7 Å². The molecule has 0 amide bonds. The van der Waals surface area contributed by atoms with Gasteiger partial charge in [0.05, 0.1) is 8.07 Å². The minimum atomic E-state index is -1.34. The van der Waals surface area contributed by atoms with Gasteiger partial charge in [-0.2, -0.15) is 0 Å². The average molecular weight is 1430 g/mol. The third kappa shape index (κ3) is 16.5. The van der Waals surface area contributed by atoms with Gasteiger partial charge in [0, 0.05) is 10.8 Å². The molecule has 0 nitrogen and oxygen atoms in total. The second kappa shape index (κ2) is 37.3. The van der Waals surface area contributed by atoms with Crippen LogP contribution in [0.4, 0.5) is 0 Å². The Balaban J connectivity index is 0.000000398.